The van der Waals surface area contributed by atoms with Crippen molar-refractivity contribution in [3.8, 4) is 11.8 Å². The maximum Gasteiger partial charge on any atom is 0.121 e. The van der Waals surface area contributed by atoms with Crippen LogP contribution in [0.25, 0.3) is 11.0 Å². The van der Waals surface area contributed by atoms with Crippen LogP contribution in [-0.2, 0) is 13.0 Å². The number of halogens is 1. The van der Waals surface area contributed by atoms with E-state index in [1.807, 2.05) is 18.2 Å². The van der Waals surface area contributed by atoms with Crippen LogP contribution in [0.4, 0.5) is 0 Å². The van der Waals surface area contributed by atoms with E-state index < -0.39 is 0 Å². The summed E-state index contributed by atoms with van der Waals surface area (Å²) in [5, 5.41) is 0. The first-order valence-corrected chi connectivity index (χ1v) is 5.86. The second-order valence-electron chi connectivity index (χ2n) is 3.42. The molecule has 0 bridgehead atoms. The number of alkyl halides is 1. The van der Waals surface area contributed by atoms with Crippen molar-refractivity contribution in [1.29, 1.82) is 0 Å². The second-order valence-corrected chi connectivity index (χ2v) is 3.69. The van der Waals surface area contributed by atoms with Gasteiger partial charge in [0.15, 0.2) is 0 Å². The molecule has 2 nitrogen and oxygen atoms in total. The van der Waals surface area contributed by atoms with Crippen LogP contribution in [0.5, 0.6) is 0 Å². The zero-order chi connectivity index (χ0) is 11.4. The number of aromatic nitrogens is 2. The Hall–Kier alpha value is -1.46. The van der Waals surface area contributed by atoms with Gasteiger partial charge in [0.2, 0.25) is 0 Å². The fourth-order valence-corrected chi connectivity index (χ4v) is 1.90. The molecule has 2 rings (SSSR count). The average Bonchev–Trinajstić information content (AvgIpc) is 2.67. The van der Waals surface area contributed by atoms with Crippen molar-refractivity contribution >= 4 is 22.6 Å². The van der Waals surface area contributed by atoms with Gasteiger partial charge in [-0.05, 0) is 19.1 Å². The van der Waals surface area contributed by atoms with E-state index in [4.69, 9.17) is 11.6 Å². The number of hydrogen-bond acceptors (Lipinski definition) is 1. The van der Waals surface area contributed by atoms with E-state index in [1.165, 1.54) is 5.52 Å². The minimum Gasteiger partial charge on any atom is -0.327 e. The van der Waals surface area contributed by atoms with Crippen LogP contribution in [0.2, 0.25) is 0 Å². The van der Waals surface area contributed by atoms with Gasteiger partial charge < -0.3 is 4.57 Å². The monoisotopic (exact) mass is 232 g/mol. The van der Waals surface area contributed by atoms with Crippen molar-refractivity contribution < 1.29 is 0 Å². The molecule has 0 aliphatic heterocycles. The molecule has 0 atom stereocenters. The van der Waals surface area contributed by atoms with Gasteiger partial charge >= 0.3 is 0 Å². The molecule has 1 aromatic carbocycles. The molecule has 2 aromatic rings. The maximum atomic E-state index is 5.52. The summed E-state index contributed by atoms with van der Waals surface area (Å²) in [7, 11) is 0. The Bertz CT molecular complexity index is 546. The first kappa shape index (κ1) is 11.0. The Kier molecular flexibility index (Phi) is 3.48. The van der Waals surface area contributed by atoms with E-state index >= 15 is 0 Å². The van der Waals surface area contributed by atoms with Gasteiger partial charge in [0.1, 0.15) is 5.82 Å². The third kappa shape index (κ3) is 2.05. The van der Waals surface area contributed by atoms with E-state index in [2.05, 4.69) is 34.4 Å². The number of fused-ring (bicyclic) bond motifs is 1. The van der Waals surface area contributed by atoms with Gasteiger partial charge in [0.05, 0.1) is 23.3 Å². The molecular formula is C13H13ClN2. The van der Waals surface area contributed by atoms with Crippen molar-refractivity contribution in [2.45, 2.75) is 19.9 Å². The van der Waals surface area contributed by atoms with Gasteiger partial charge in [-0.3, -0.25) is 0 Å². The summed E-state index contributed by atoms with van der Waals surface area (Å²) in [5.41, 5.74) is 2.21. The lowest BCUT2D eigenvalue weighted by molar-refractivity contribution is 0.741. The largest absolute Gasteiger partial charge is 0.327 e. The first-order chi connectivity index (χ1) is 7.86. The van der Waals surface area contributed by atoms with Gasteiger partial charge in [-0.15, -0.1) is 11.6 Å². The maximum absolute atomic E-state index is 5.52. The molecule has 1 aromatic heterocycles. The summed E-state index contributed by atoms with van der Waals surface area (Å²) >= 11 is 5.52. The molecule has 0 aliphatic carbocycles. The first-order valence-electron chi connectivity index (χ1n) is 5.32. The summed E-state index contributed by atoms with van der Waals surface area (Å²) in [6.45, 7) is 3.03. The van der Waals surface area contributed by atoms with Crippen LogP contribution in [0.3, 0.4) is 0 Å². The van der Waals surface area contributed by atoms with E-state index in [0.717, 1.165) is 17.9 Å². The van der Waals surface area contributed by atoms with Crippen LogP contribution in [-0.4, -0.2) is 15.4 Å². The molecule has 0 fully saturated rings. The minimum absolute atomic E-state index is 0.381. The van der Waals surface area contributed by atoms with E-state index in [9.17, 15) is 0 Å². The molecule has 0 saturated carbocycles. The normalized spacial score (nSPS) is 10.1. The quantitative estimate of drug-likeness (QED) is 0.575. The Balaban J connectivity index is 2.44. The Morgan fingerprint density at radius 3 is 2.88 bits per heavy atom. The van der Waals surface area contributed by atoms with E-state index in [1.54, 1.807) is 0 Å². The van der Waals surface area contributed by atoms with Gasteiger partial charge in [-0.25, -0.2) is 4.98 Å². The highest BCUT2D eigenvalue weighted by atomic mass is 35.5. The Morgan fingerprint density at radius 1 is 1.31 bits per heavy atom. The number of imidazole rings is 1. The van der Waals surface area contributed by atoms with Crippen LogP contribution >= 0.6 is 11.6 Å². The van der Waals surface area contributed by atoms with Gasteiger partial charge in [0.25, 0.3) is 0 Å². The van der Waals surface area contributed by atoms with Gasteiger partial charge in [0, 0.05) is 6.54 Å². The molecule has 0 aliphatic rings. The van der Waals surface area contributed by atoms with Crippen LogP contribution < -0.4 is 0 Å². The van der Waals surface area contributed by atoms with Gasteiger partial charge in [-0.2, -0.15) is 0 Å². The SMILES string of the molecule is CCn1c(CC#CCCl)nc2ccccc21. The molecular weight excluding hydrogens is 220 g/mol. The fourth-order valence-electron chi connectivity index (χ4n) is 1.80. The van der Waals surface area contributed by atoms with Crippen molar-refractivity contribution in [2.24, 2.45) is 0 Å². The molecule has 1 heterocycles. The van der Waals surface area contributed by atoms with Crippen LogP contribution in [0, 0.1) is 11.8 Å². The molecule has 0 unspecified atom stereocenters. The average molecular weight is 233 g/mol. The molecule has 82 valence electrons. The fraction of sp³-hybridized carbons (Fsp3) is 0.308. The lowest BCUT2D eigenvalue weighted by Crippen LogP contribution is -2.00. The second kappa shape index (κ2) is 5.05. The summed E-state index contributed by atoms with van der Waals surface area (Å²) in [5.74, 6) is 7.27. The summed E-state index contributed by atoms with van der Waals surface area (Å²) in [4.78, 5) is 4.57. The number of aryl methyl sites for hydroxylation is 1. The van der Waals surface area contributed by atoms with Crippen LogP contribution in [0.1, 0.15) is 12.7 Å². The van der Waals surface area contributed by atoms with E-state index in [-0.39, 0.29) is 0 Å². The summed E-state index contributed by atoms with van der Waals surface area (Å²) in [6, 6.07) is 8.15. The van der Waals surface area contributed by atoms with Crippen molar-refractivity contribution in [1.82, 2.24) is 9.55 Å². The minimum atomic E-state index is 0.381. The smallest absolute Gasteiger partial charge is 0.121 e. The van der Waals surface area contributed by atoms with E-state index in [0.29, 0.717) is 12.3 Å². The zero-order valence-electron chi connectivity index (χ0n) is 9.20. The zero-order valence-corrected chi connectivity index (χ0v) is 9.96. The summed E-state index contributed by atoms with van der Waals surface area (Å²) < 4.78 is 2.19. The van der Waals surface area contributed by atoms with Gasteiger partial charge in [-0.1, -0.05) is 24.0 Å². The highest BCUT2D eigenvalue weighted by Crippen LogP contribution is 2.15. The number of nitrogens with zero attached hydrogens (tertiary/aromatic N) is 2. The Morgan fingerprint density at radius 2 is 2.12 bits per heavy atom. The van der Waals surface area contributed by atoms with Crippen molar-refractivity contribution in [2.75, 3.05) is 5.88 Å². The predicted octanol–water partition coefficient (Wildman–Crippen LogP) is 2.84. The summed E-state index contributed by atoms with van der Waals surface area (Å²) in [6.07, 6.45) is 0.662. The predicted molar refractivity (Wildman–Crippen MR) is 67.6 cm³/mol. The lowest BCUT2D eigenvalue weighted by atomic mass is 10.3. The van der Waals surface area contributed by atoms with Crippen molar-refractivity contribution in [3.63, 3.8) is 0 Å². The molecule has 16 heavy (non-hydrogen) atoms. The molecule has 0 spiro atoms. The molecule has 3 heteroatoms. The third-order valence-electron chi connectivity index (χ3n) is 2.49. The lowest BCUT2D eigenvalue weighted by Gasteiger charge is -2.02. The molecule has 0 radical (unpaired) electrons. The number of para-hydroxylation sites is 2. The molecule has 0 amide bonds. The van der Waals surface area contributed by atoms with Crippen LogP contribution in [0.15, 0.2) is 24.3 Å². The standard InChI is InChI=1S/C13H13ClN2/c1-2-16-12-8-4-3-7-11(12)15-13(16)9-5-6-10-14/h3-4,7-8H,2,9-10H2,1H3. The Labute approximate surface area is 100 Å². The third-order valence-corrected chi connectivity index (χ3v) is 2.62. The highest BCUT2D eigenvalue weighted by Gasteiger charge is 2.06. The van der Waals surface area contributed by atoms with Crippen molar-refractivity contribution in [3.05, 3.63) is 30.1 Å². The topological polar surface area (TPSA) is 17.8 Å². The molecule has 0 saturated heterocycles. The highest BCUT2D eigenvalue weighted by molar-refractivity contribution is 6.19. The number of benzene rings is 1. The molecule has 0 N–H and O–H groups in total. The number of rotatable bonds is 2. The number of hydrogen-bond donors (Lipinski definition) is 0.